The third kappa shape index (κ3) is 9.89. The van der Waals surface area contributed by atoms with E-state index in [4.69, 9.17) is 21.7 Å². The standard InChI is InChI=1S/C20H29N3O5S/c1-4-12-27-19(26)11-10-17(24)21-20(29)23-22-18(25)13-28-16-9-7-6-8-15(16)14(3)5-2/h6-9,14H,4-5,10-13H2,1-3H3,(H,22,25)(H2,21,23,24,29). The van der Waals surface area contributed by atoms with Crippen LogP contribution in [0.2, 0.25) is 0 Å². The van der Waals surface area contributed by atoms with Gasteiger partial charge in [0.2, 0.25) is 5.91 Å². The van der Waals surface area contributed by atoms with E-state index < -0.39 is 17.8 Å². The second-order valence-corrected chi connectivity index (χ2v) is 6.81. The third-order valence-corrected chi connectivity index (χ3v) is 4.22. The van der Waals surface area contributed by atoms with Gasteiger partial charge in [-0.3, -0.25) is 25.2 Å². The first-order chi connectivity index (χ1) is 13.9. The molecule has 0 spiro atoms. The van der Waals surface area contributed by atoms with Crippen molar-refractivity contribution in [2.24, 2.45) is 0 Å². The van der Waals surface area contributed by atoms with Crippen LogP contribution in [0.15, 0.2) is 24.3 Å². The number of benzene rings is 1. The van der Waals surface area contributed by atoms with Crippen molar-refractivity contribution in [1.82, 2.24) is 16.2 Å². The van der Waals surface area contributed by atoms with Crippen LogP contribution in [-0.4, -0.2) is 36.1 Å². The summed E-state index contributed by atoms with van der Waals surface area (Å²) in [6, 6.07) is 7.57. The van der Waals surface area contributed by atoms with Gasteiger partial charge in [-0.1, -0.05) is 39.0 Å². The van der Waals surface area contributed by atoms with Crippen molar-refractivity contribution in [1.29, 1.82) is 0 Å². The van der Waals surface area contributed by atoms with Crippen LogP contribution in [-0.2, 0) is 19.1 Å². The van der Waals surface area contributed by atoms with Gasteiger partial charge in [-0.05, 0) is 42.6 Å². The number of rotatable bonds is 10. The Morgan fingerprint density at radius 2 is 1.79 bits per heavy atom. The zero-order valence-electron chi connectivity index (χ0n) is 17.1. The minimum absolute atomic E-state index is 0.0375. The SMILES string of the molecule is CCCOC(=O)CCC(=O)NC(=S)NNC(=O)COc1ccccc1C(C)CC. The first kappa shape index (κ1) is 24.4. The molecule has 8 nitrogen and oxygen atoms in total. The Balaban J connectivity index is 2.32. The second-order valence-electron chi connectivity index (χ2n) is 6.41. The van der Waals surface area contributed by atoms with Crippen LogP contribution in [0.4, 0.5) is 0 Å². The maximum Gasteiger partial charge on any atom is 0.306 e. The van der Waals surface area contributed by atoms with Crippen LogP contribution in [0.3, 0.4) is 0 Å². The van der Waals surface area contributed by atoms with Gasteiger partial charge in [0.1, 0.15) is 5.75 Å². The van der Waals surface area contributed by atoms with Gasteiger partial charge in [-0.2, -0.15) is 0 Å². The van der Waals surface area contributed by atoms with Crippen molar-refractivity contribution in [3.63, 3.8) is 0 Å². The Labute approximate surface area is 176 Å². The van der Waals surface area contributed by atoms with Crippen LogP contribution < -0.4 is 20.9 Å². The molecule has 0 fully saturated rings. The van der Waals surface area contributed by atoms with Gasteiger partial charge in [0.25, 0.3) is 5.91 Å². The number of thiocarbonyl (C=S) groups is 1. The molecule has 0 radical (unpaired) electrons. The Kier molecular flexibility index (Phi) is 11.3. The molecule has 1 rings (SSSR count). The Hall–Kier alpha value is -2.68. The smallest absolute Gasteiger partial charge is 0.306 e. The highest BCUT2D eigenvalue weighted by molar-refractivity contribution is 7.80. The average molecular weight is 424 g/mol. The summed E-state index contributed by atoms with van der Waals surface area (Å²) in [5.74, 6) is -0.381. The lowest BCUT2D eigenvalue weighted by Crippen LogP contribution is -2.49. The molecule has 9 heteroatoms. The Morgan fingerprint density at radius 1 is 1.07 bits per heavy atom. The van der Waals surface area contributed by atoms with E-state index in [1.54, 1.807) is 0 Å². The maximum atomic E-state index is 11.9. The molecule has 0 saturated heterocycles. The highest BCUT2D eigenvalue weighted by Crippen LogP contribution is 2.28. The zero-order valence-corrected chi connectivity index (χ0v) is 17.9. The van der Waals surface area contributed by atoms with Crippen molar-refractivity contribution < 1.29 is 23.9 Å². The number of para-hydroxylation sites is 1. The molecule has 3 N–H and O–H groups in total. The van der Waals surface area contributed by atoms with Crippen molar-refractivity contribution in [3.05, 3.63) is 29.8 Å². The molecule has 0 aliphatic carbocycles. The van der Waals surface area contributed by atoms with Gasteiger partial charge in [0.05, 0.1) is 13.0 Å². The summed E-state index contributed by atoms with van der Waals surface area (Å²) in [5, 5.41) is 2.29. The van der Waals surface area contributed by atoms with Crippen LogP contribution in [0, 0.1) is 0 Å². The monoisotopic (exact) mass is 423 g/mol. The van der Waals surface area contributed by atoms with Gasteiger partial charge in [0.15, 0.2) is 11.7 Å². The molecule has 0 aromatic heterocycles. The number of hydrazine groups is 1. The summed E-state index contributed by atoms with van der Waals surface area (Å²) >= 11 is 4.93. The minimum atomic E-state index is -0.455. The van der Waals surface area contributed by atoms with E-state index in [-0.39, 0.29) is 24.6 Å². The van der Waals surface area contributed by atoms with Crippen molar-refractivity contribution in [2.75, 3.05) is 13.2 Å². The maximum absolute atomic E-state index is 11.9. The molecule has 160 valence electrons. The van der Waals surface area contributed by atoms with Gasteiger partial charge < -0.3 is 14.8 Å². The number of esters is 1. The van der Waals surface area contributed by atoms with E-state index in [1.165, 1.54) is 0 Å². The Morgan fingerprint density at radius 3 is 2.48 bits per heavy atom. The van der Waals surface area contributed by atoms with Crippen LogP contribution in [0.25, 0.3) is 0 Å². The van der Waals surface area contributed by atoms with E-state index in [2.05, 4.69) is 30.0 Å². The number of hydrogen-bond acceptors (Lipinski definition) is 6. The van der Waals surface area contributed by atoms with E-state index in [0.717, 1.165) is 18.4 Å². The fourth-order valence-electron chi connectivity index (χ4n) is 2.27. The number of ether oxygens (including phenoxy) is 2. The highest BCUT2D eigenvalue weighted by Gasteiger charge is 2.12. The van der Waals surface area contributed by atoms with Gasteiger partial charge in [-0.15, -0.1) is 0 Å². The average Bonchev–Trinajstić information content (AvgIpc) is 2.72. The van der Waals surface area contributed by atoms with Gasteiger partial charge in [-0.25, -0.2) is 0 Å². The second kappa shape index (κ2) is 13.5. The van der Waals surface area contributed by atoms with E-state index in [0.29, 0.717) is 18.3 Å². The first-order valence-corrected chi connectivity index (χ1v) is 10.0. The fourth-order valence-corrected chi connectivity index (χ4v) is 2.43. The lowest BCUT2D eigenvalue weighted by Gasteiger charge is -2.16. The largest absolute Gasteiger partial charge is 0.483 e. The molecular formula is C20H29N3O5S. The lowest BCUT2D eigenvalue weighted by molar-refractivity contribution is -0.144. The lowest BCUT2D eigenvalue weighted by atomic mass is 9.98. The summed E-state index contributed by atoms with van der Waals surface area (Å²) in [6.07, 6.45) is 1.58. The van der Waals surface area contributed by atoms with Crippen molar-refractivity contribution in [2.45, 2.75) is 52.4 Å². The number of carbonyl (C=O) groups is 3. The number of carbonyl (C=O) groups excluding carboxylic acids is 3. The fraction of sp³-hybridized carbons (Fsp3) is 0.500. The normalized spacial score (nSPS) is 11.1. The van der Waals surface area contributed by atoms with E-state index in [9.17, 15) is 14.4 Å². The summed E-state index contributed by atoms with van der Waals surface area (Å²) in [4.78, 5) is 35.0. The predicted molar refractivity (Wildman–Crippen MR) is 113 cm³/mol. The predicted octanol–water partition coefficient (Wildman–Crippen LogP) is 2.33. The summed E-state index contributed by atoms with van der Waals surface area (Å²) < 4.78 is 10.5. The van der Waals surface area contributed by atoms with E-state index >= 15 is 0 Å². The molecule has 1 unspecified atom stereocenters. The third-order valence-electron chi connectivity index (χ3n) is 4.01. The summed E-state index contributed by atoms with van der Waals surface area (Å²) in [5.41, 5.74) is 5.81. The quantitative estimate of drug-likeness (QED) is 0.301. The van der Waals surface area contributed by atoms with Crippen LogP contribution in [0.5, 0.6) is 5.75 Å². The van der Waals surface area contributed by atoms with Crippen LogP contribution in [0.1, 0.15) is 57.9 Å². The van der Waals surface area contributed by atoms with E-state index in [1.807, 2.05) is 31.2 Å². The molecule has 0 saturated carbocycles. The number of amides is 2. The summed E-state index contributed by atoms with van der Waals surface area (Å²) in [6.45, 7) is 6.18. The zero-order chi connectivity index (χ0) is 21.6. The topological polar surface area (TPSA) is 106 Å². The molecular weight excluding hydrogens is 394 g/mol. The van der Waals surface area contributed by atoms with Crippen LogP contribution >= 0.6 is 12.2 Å². The van der Waals surface area contributed by atoms with Crippen molar-refractivity contribution >= 4 is 35.1 Å². The molecule has 2 amide bonds. The van der Waals surface area contributed by atoms with Gasteiger partial charge in [0, 0.05) is 6.42 Å². The minimum Gasteiger partial charge on any atom is -0.483 e. The molecule has 0 aliphatic rings. The van der Waals surface area contributed by atoms with Gasteiger partial charge >= 0.3 is 5.97 Å². The first-order valence-electron chi connectivity index (χ1n) is 9.63. The molecule has 1 aromatic carbocycles. The van der Waals surface area contributed by atoms with Crippen molar-refractivity contribution in [3.8, 4) is 5.75 Å². The molecule has 1 aromatic rings. The molecule has 29 heavy (non-hydrogen) atoms. The molecule has 0 heterocycles. The molecule has 1 atom stereocenters. The Bertz CT molecular complexity index is 711. The summed E-state index contributed by atoms with van der Waals surface area (Å²) in [7, 11) is 0. The molecule has 0 aliphatic heterocycles. The highest BCUT2D eigenvalue weighted by atomic mass is 32.1. The number of nitrogens with one attached hydrogen (secondary N) is 3. The molecule has 0 bridgehead atoms. The number of hydrogen-bond donors (Lipinski definition) is 3.